The summed E-state index contributed by atoms with van der Waals surface area (Å²) in [7, 11) is 0. The molecule has 8 heteroatoms. The van der Waals surface area contributed by atoms with Crippen molar-refractivity contribution in [3.8, 4) is 0 Å². The third-order valence-corrected chi connectivity index (χ3v) is 2.25. The van der Waals surface area contributed by atoms with E-state index in [-0.39, 0.29) is 11.1 Å². The molecule has 0 atom stereocenters. The molecular formula is C5H9ClN6S. The molecular weight excluding hydrogens is 212 g/mol. The Balaban J connectivity index is 3.20. The van der Waals surface area contributed by atoms with Crippen molar-refractivity contribution < 1.29 is 0 Å². The van der Waals surface area contributed by atoms with E-state index in [4.69, 9.17) is 23.3 Å². The zero-order valence-electron chi connectivity index (χ0n) is 6.84. The number of hydrogen-bond donors (Lipinski definition) is 4. The number of thioether (sulfide) groups is 1. The van der Waals surface area contributed by atoms with Gasteiger partial charge < -0.3 is 5.43 Å². The molecule has 0 fully saturated rings. The van der Waals surface area contributed by atoms with Gasteiger partial charge in [0.25, 0.3) is 0 Å². The van der Waals surface area contributed by atoms with Crippen LogP contribution >= 0.6 is 23.4 Å². The topological polar surface area (TPSA) is 102 Å². The summed E-state index contributed by atoms with van der Waals surface area (Å²) in [5.74, 6) is 10.6. The molecule has 0 unspecified atom stereocenters. The molecule has 1 aromatic rings. The Morgan fingerprint density at radius 3 is 2.46 bits per heavy atom. The quantitative estimate of drug-likeness (QED) is 0.254. The number of nitrogens with one attached hydrogen (secondary N) is 2. The fourth-order valence-electron chi connectivity index (χ4n) is 0.748. The summed E-state index contributed by atoms with van der Waals surface area (Å²) in [6.07, 6.45) is 1.85. The highest BCUT2D eigenvalue weighted by Gasteiger charge is 2.10. The Labute approximate surface area is 84.4 Å². The van der Waals surface area contributed by atoms with Crippen molar-refractivity contribution in [2.45, 2.75) is 5.03 Å². The lowest BCUT2D eigenvalue weighted by Gasteiger charge is -2.08. The minimum atomic E-state index is 0.231. The van der Waals surface area contributed by atoms with Gasteiger partial charge in [-0.05, 0) is 6.26 Å². The number of hydrogen-bond acceptors (Lipinski definition) is 7. The van der Waals surface area contributed by atoms with E-state index in [1.807, 2.05) is 6.26 Å². The molecule has 13 heavy (non-hydrogen) atoms. The number of hydrazine groups is 2. The van der Waals surface area contributed by atoms with Crippen molar-refractivity contribution in [3.05, 3.63) is 5.15 Å². The Kier molecular flexibility index (Phi) is 3.55. The normalized spacial score (nSPS) is 9.85. The average molecular weight is 221 g/mol. The van der Waals surface area contributed by atoms with Crippen LogP contribution in [0.25, 0.3) is 0 Å². The molecule has 1 heterocycles. The standard InChI is InChI=1S/C5H9ClN6S/c1-13-4-2(11-7)3(6)9-5(10-4)12-8/h11H,7-8H2,1H3,(H,9,10,12). The van der Waals surface area contributed by atoms with Gasteiger partial charge in [-0.25, -0.2) is 10.8 Å². The van der Waals surface area contributed by atoms with Crippen LogP contribution in [0.5, 0.6) is 0 Å². The largest absolute Gasteiger partial charge is 0.319 e. The average Bonchev–Trinajstić information content (AvgIpc) is 2.16. The van der Waals surface area contributed by atoms with E-state index in [0.29, 0.717) is 10.7 Å². The van der Waals surface area contributed by atoms with Crippen LogP contribution < -0.4 is 22.5 Å². The van der Waals surface area contributed by atoms with Gasteiger partial charge in [-0.15, -0.1) is 11.8 Å². The lowest BCUT2D eigenvalue weighted by atomic mass is 10.5. The van der Waals surface area contributed by atoms with Crippen molar-refractivity contribution >= 4 is 35.0 Å². The summed E-state index contributed by atoms with van der Waals surface area (Å²) in [6.45, 7) is 0. The first-order chi connectivity index (χ1) is 6.22. The number of rotatable bonds is 3. The molecule has 0 spiro atoms. The summed E-state index contributed by atoms with van der Waals surface area (Å²) in [5, 5.41) is 0.866. The van der Waals surface area contributed by atoms with Crippen LogP contribution in [0.2, 0.25) is 5.15 Å². The van der Waals surface area contributed by atoms with Crippen LogP contribution in [-0.2, 0) is 0 Å². The Morgan fingerprint density at radius 2 is 2.00 bits per heavy atom. The zero-order chi connectivity index (χ0) is 9.84. The molecule has 1 rings (SSSR count). The number of nitrogens with zero attached hydrogens (tertiary/aromatic N) is 2. The van der Waals surface area contributed by atoms with E-state index >= 15 is 0 Å². The molecule has 0 amide bonds. The smallest absolute Gasteiger partial charge is 0.239 e. The second-order valence-electron chi connectivity index (χ2n) is 2.01. The SMILES string of the molecule is CSc1nc(NN)nc(Cl)c1NN. The van der Waals surface area contributed by atoms with E-state index in [1.54, 1.807) is 0 Å². The van der Waals surface area contributed by atoms with Crippen LogP contribution in [0, 0.1) is 0 Å². The summed E-state index contributed by atoms with van der Waals surface area (Å²) < 4.78 is 0. The van der Waals surface area contributed by atoms with Gasteiger partial charge in [-0.3, -0.25) is 11.3 Å². The maximum Gasteiger partial charge on any atom is 0.239 e. The lowest BCUT2D eigenvalue weighted by Crippen LogP contribution is -2.14. The number of nitrogen functional groups attached to an aromatic ring is 2. The molecule has 0 bridgehead atoms. The monoisotopic (exact) mass is 220 g/mol. The number of nitrogens with two attached hydrogens (primary N) is 2. The van der Waals surface area contributed by atoms with Gasteiger partial charge in [0, 0.05) is 0 Å². The van der Waals surface area contributed by atoms with Crippen molar-refractivity contribution in [1.29, 1.82) is 0 Å². The van der Waals surface area contributed by atoms with E-state index in [0.717, 1.165) is 0 Å². The summed E-state index contributed by atoms with van der Waals surface area (Å²) in [5.41, 5.74) is 5.22. The van der Waals surface area contributed by atoms with E-state index in [2.05, 4.69) is 20.8 Å². The fraction of sp³-hybridized carbons (Fsp3) is 0.200. The van der Waals surface area contributed by atoms with Gasteiger partial charge in [0.1, 0.15) is 10.7 Å². The molecule has 0 saturated heterocycles. The highest BCUT2D eigenvalue weighted by Crippen LogP contribution is 2.29. The number of halogens is 1. The van der Waals surface area contributed by atoms with Gasteiger partial charge in [0.05, 0.1) is 0 Å². The highest BCUT2D eigenvalue weighted by atomic mass is 35.5. The first-order valence-corrected chi connectivity index (χ1v) is 4.88. The number of anilines is 2. The van der Waals surface area contributed by atoms with Gasteiger partial charge >= 0.3 is 0 Å². The van der Waals surface area contributed by atoms with Gasteiger partial charge in [-0.2, -0.15) is 4.98 Å². The van der Waals surface area contributed by atoms with Crippen LogP contribution in [0.4, 0.5) is 11.6 Å². The fourth-order valence-corrected chi connectivity index (χ4v) is 1.57. The summed E-state index contributed by atoms with van der Waals surface area (Å²) >= 11 is 7.18. The molecule has 0 saturated carbocycles. The van der Waals surface area contributed by atoms with E-state index in [9.17, 15) is 0 Å². The molecule has 1 aromatic heterocycles. The Morgan fingerprint density at radius 1 is 1.31 bits per heavy atom. The minimum Gasteiger partial charge on any atom is -0.319 e. The third kappa shape index (κ3) is 2.13. The van der Waals surface area contributed by atoms with Crippen molar-refractivity contribution in [1.82, 2.24) is 9.97 Å². The highest BCUT2D eigenvalue weighted by molar-refractivity contribution is 7.98. The zero-order valence-corrected chi connectivity index (χ0v) is 8.41. The Bertz CT molecular complexity index is 305. The molecule has 0 aliphatic rings. The van der Waals surface area contributed by atoms with E-state index < -0.39 is 0 Å². The van der Waals surface area contributed by atoms with E-state index in [1.165, 1.54) is 11.8 Å². The predicted octanol–water partition coefficient (Wildman–Crippen LogP) is 0.423. The maximum atomic E-state index is 5.79. The first-order valence-electron chi connectivity index (χ1n) is 3.27. The van der Waals surface area contributed by atoms with Gasteiger partial charge in [0.15, 0.2) is 5.15 Å². The van der Waals surface area contributed by atoms with Crippen LogP contribution in [0.3, 0.4) is 0 Å². The van der Waals surface area contributed by atoms with Crippen molar-refractivity contribution in [2.75, 3.05) is 17.1 Å². The maximum absolute atomic E-state index is 5.79. The predicted molar refractivity (Wildman–Crippen MR) is 54.4 cm³/mol. The molecule has 0 radical (unpaired) electrons. The van der Waals surface area contributed by atoms with Crippen molar-refractivity contribution in [2.24, 2.45) is 11.7 Å². The molecule has 0 aliphatic carbocycles. The van der Waals surface area contributed by atoms with Crippen molar-refractivity contribution in [3.63, 3.8) is 0 Å². The summed E-state index contributed by atoms with van der Waals surface area (Å²) in [6, 6.07) is 0. The third-order valence-electron chi connectivity index (χ3n) is 1.30. The molecule has 0 aromatic carbocycles. The molecule has 72 valence electrons. The van der Waals surface area contributed by atoms with Crippen LogP contribution in [0.1, 0.15) is 0 Å². The second-order valence-corrected chi connectivity index (χ2v) is 3.16. The van der Waals surface area contributed by atoms with Gasteiger partial charge in [-0.1, -0.05) is 11.6 Å². The molecule has 6 N–H and O–H groups in total. The Hall–Kier alpha value is -0.760. The van der Waals surface area contributed by atoms with Crippen LogP contribution in [0.15, 0.2) is 5.03 Å². The number of aromatic nitrogens is 2. The molecule has 6 nitrogen and oxygen atoms in total. The van der Waals surface area contributed by atoms with Crippen LogP contribution in [-0.4, -0.2) is 16.2 Å². The molecule has 0 aliphatic heterocycles. The minimum absolute atomic E-state index is 0.231. The lowest BCUT2D eigenvalue weighted by molar-refractivity contribution is 1.02. The summed E-state index contributed by atoms with van der Waals surface area (Å²) in [4.78, 5) is 7.86. The van der Waals surface area contributed by atoms with Gasteiger partial charge in [0.2, 0.25) is 5.95 Å². The first kappa shape index (κ1) is 10.3. The second kappa shape index (κ2) is 4.47.